The summed E-state index contributed by atoms with van der Waals surface area (Å²) in [6.45, 7) is 6.44. The number of rotatable bonds is 9. The first-order valence-electron chi connectivity index (χ1n) is 11.5. The first-order valence-corrected chi connectivity index (χ1v) is 11.5. The highest BCUT2D eigenvalue weighted by Gasteiger charge is 2.27. The summed E-state index contributed by atoms with van der Waals surface area (Å²) in [5, 5.41) is 6.94. The van der Waals surface area contributed by atoms with Crippen LogP contribution in [-0.2, 0) is 17.7 Å². The van der Waals surface area contributed by atoms with Gasteiger partial charge in [0.2, 0.25) is 0 Å². The third kappa shape index (κ3) is 4.21. The van der Waals surface area contributed by atoms with Crippen LogP contribution < -0.4 is 14.8 Å². The summed E-state index contributed by atoms with van der Waals surface area (Å²) in [7, 11) is 1.70. The Labute approximate surface area is 178 Å². The van der Waals surface area contributed by atoms with Crippen molar-refractivity contribution in [2.24, 2.45) is 11.8 Å². The van der Waals surface area contributed by atoms with Gasteiger partial charge in [0, 0.05) is 42.5 Å². The Bertz CT molecular complexity index is 906. The molecule has 6 heteroatoms. The second kappa shape index (κ2) is 8.60. The zero-order valence-electron chi connectivity index (χ0n) is 18.2. The van der Waals surface area contributed by atoms with Crippen molar-refractivity contribution in [3.8, 4) is 11.5 Å². The lowest BCUT2D eigenvalue weighted by Gasteiger charge is -2.18. The van der Waals surface area contributed by atoms with Crippen LogP contribution in [-0.4, -0.2) is 50.0 Å². The molecule has 2 heterocycles. The number of ether oxygens (including phenoxy) is 2. The largest absolute Gasteiger partial charge is 0.493 e. The molecular weight excluding hydrogens is 378 g/mol. The van der Waals surface area contributed by atoms with Gasteiger partial charge in [-0.15, -0.1) is 0 Å². The minimum absolute atomic E-state index is 0.493. The van der Waals surface area contributed by atoms with Gasteiger partial charge in [-0.1, -0.05) is 6.92 Å². The summed E-state index contributed by atoms with van der Waals surface area (Å²) >= 11 is 0. The fourth-order valence-corrected chi connectivity index (χ4v) is 4.68. The van der Waals surface area contributed by atoms with Gasteiger partial charge in [-0.2, -0.15) is 5.06 Å². The summed E-state index contributed by atoms with van der Waals surface area (Å²) in [4.78, 5) is 10.8. The molecule has 1 aromatic heterocycles. The van der Waals surface area contributed by atoms with Crippen LogP contribution in [0.15, 0.2) is 12.1 Å². The number of hydrogen-bond donors (Lipinski definition) is 1. The lowest BCUT2D eigenvalue weighted by Crippen LogP contribution is -2.22. The summed E-state index contributed by atoms with van der Waals surface area (Å²) < 4.78 is 11.7. The van der Waals surface area contributed by atoms with E-state index in [0.29, 0.717) is 19.1 Å². The predicted octanol–water partition coefficient (Wildman–Crippen LogP) is 4.21. The van der Waals surface area contributed by atoms with Crippen LogP contribution in [0.4, 0.5) is 5.69 Å². The van der Waals surface area contributed by atoms with Crippen molar-refractivity contribution in [1.82, 2.24) is 10.0 Å². The number of benzene rings is 1. The molecule has 1 aromatic carbocycles. The van der Waals surface area contributed by atoms with Crippen molar-refractivity contribution in [1.29, 1.82) is 0 Å². The fourth-order valence-electron chi connectivity index (χ4n) is 4.68. The maximum absolute atomic E-state index is 6.05. The molecule has 6 nitrogen and oxygen atoms in total. The van der Waals surface area contributed by atoms with Gasteiger partial charge in [-0.3, -0.25) is 9.82 Å². The number of nitrogens with one attached hydrogen (secondary N) is 1. The standard InChI is InChI=1S/C24H33N3O3/c1-16-11-18-20(12-16)26-21-14-23(29-9-10-30-27-7-3-4-8-27)22(28-2)13-19(21)24(18)25-15-17-5-6-17/h13-14,16-17H,3-12,15H2,1-2H3,(H,25,26). The van der Waals surface area contributed by atoms with Crippen molar-refractivity contribution in [2.45, 2.75) is 45.4 Å². The Hall–Kier alpha value is -2.05. The van der Waals surface area contributed by atoms with Crippen LogP contribution in [0.25, 0.3) is 10.9 Å². The summed E-state index contributed by atoms with van der Waals surface area (Å²) in [6.07, 6.45) is 7.26. The third-order valence-electron chi connectivity index (χ3n) is 6.50. The average Bonchev–Trinajstić information content (AvgIpc) is 3.27. The van der Waals surface area contributed by atoms with E-state index >= 15 is 0 Å². The molecule has 2 aliphatic carbocycles. The summed E-state index contributed by atoms with van der Waals surface area (Å²) in [6, 6.07) is 4.13. The van der Waals surface area contributed by atoms with E-state index in [1.165, 1.54) is 42.6 Å². The molecule has 0 radical (unpaired) electrons. The topological polar surface area (TPSA) is 55.9 Å². The molecule has 2 aromatic rings. The average molecular weight is 412 g/mol. The highest BCUT2D eigenvalue weighted by atomic mass is 16.7. The first kappa shape index (κ1) is 19.9. The number of methoxy groups -OCH3 is 1. The van der Waals surface area contributed by atoms with Crippen LogP contribution in [0, 0.1) is 11.8 Å². The van der Waals surface area contributed by atoms with Crippen molar-refractivity contribution < 1.29 is 14.3 Å². The van der Waals surface area contributed by atoms with Gasteiger partial charge in [-0.05, 0) is 62.0 Å². The second-order valence-electron chi connectivity index (χ2n) is 9.09. The minimum atomic E-state index is 0.493. The summed E-state index contributed by atoms with van der Waals surface area (Å²) in [5.41, 5.74) is 4.87. The fraction of sp³-hybridized carbons (Fsp3) is 0.625. The van der Waals surface area contributed by atoms with Gasteiger partial charge in [0.05, 0.1) is 12.6 Å². The number of hydroxylamine groups is 2. The first-order chi connectivity index (χ1) is 14.7. The monoisotopic (exact) mass is 411 g/mol. The molecule has 2 fully saturated rings. The van der Waals surface area contributed by atoms with Crippen LogP contribution in [0.3, 0.4) is 0 Å². The molecule has 1 unspecified atom stereocenters. The maximum atomic E-state index is 6.05. The van der Waals surface area contributed by atoms with E-state index in [9.17, 15) is 0 Å². The predicted molar refractivity (Wildman–Crippen MR) is 118 cm³/mol. The van der Waals surface area contributed by atoms with Crippen molar-refractivity contribution >= 4 is 16.6 Å². The lowest BCUT2D eigenvalue weighted by atomic mass is 10.0. The van der Waals surface area contributed by atoms with Crippen molar-refractivity contribution in [3.05, 3.63) is 23.4 Å². The second-order valence-corrected chi connectivity index (χ2v) is 9.09. The van der Waals surface area contributed by atoms with E-state index in [0.717, 1.165) is 60.8 Å². The summed E-state index contributed by atoms with van der Waals surface area (Å²) in [5.74, 6) is 2.96. The number of aromatic nitrogens is 1. The molecule has 3 aliphatic rings. The number of fused-ring (bicyclic) bond motifs is 2. The number of hydrogen-bond acceptors (Lipinski definition) is 6. The number of anilines is 1. The van der Waals surface area contributed by atoms with Gasteiger partial charge in [-0.25, -0.2) is 0 Å². The van der Waals surface area contributed by atoms with Crippen molar-refractivity contribution in [3.63, 3.8) is 0 Å². The van der Waals surface area contributed by atoms with Crippen LogP contribution in [0.2, 0.25) is 0 Å². The quantitative estimate of drug-likeness (QED) is 0.624. The molecule has 1 atom stereocenters. The lowest BCUT2D eigenvalue weighted by molar-refractivity contribution is -0.148. The Morgan fingerprint density at radius 2 is 1.93 bits per heavy atom. The Morgan fingerprint density at radius 1 is 1.10 bits per heavy atom. The highest BCUT2D eigenvalue weighted by Crippen LogP contribution is 2.41. The van der Waals surface area contributed by atoms with Crippen LogP contribution in [0.1, 0.15) is 43.9 Å². The van der Waals surface area contributed by atoms with Crippen LogP contribution in [0.5, 0.6) is 11.5 Å². The highest BCUT2D eigenvalue weighted by molar-refractivity contribution is 5.96. The van der Waals surface area contributed by atoms with E-state index in [-0.39, 0.29) is 0 Å². The Kier molecular flexibility index (Phi) is 5.70. The molecule has 5 rings (SSSR count). The molecule has 1 aliphatic heterocycles. The Balaban J connectivity index is 1.39. The van der Waals surface area contributed by atoms with Gasteiger partial charge < -0.3 is 14.8 Å². The molecule has 0 spiro atoms. The van der Waals surface area contributed by atoms with Crippen molar-refractivity contribution in [2.75, 3.05) is 45.3 Å². The van der Waals surface area contributed by atoms with E-state index in [2.05, 4.69) is 18.3 Å². The SMILES string of the molecule is COc1cc2c(NCC3CC3)c3c(nc2cc1OCCON1CCCC1)CC(C)C3. The zero-order chi connectivity index (χ0) is 20.5. The van der Waals surface area contributed by atoms with Crippen LogP contribution >= 0.6 is 0 Å². The molecule has 1 N–H and O–H groups in total. The maximum Gasteiger partial charge on any atom is 0.163 e. The molecule has 0 bridgehead atoms. The van der Waals surface area contributed by atoms with E-state index in [1.54, 1.807) is 7.11 Å². The molecule has 1 saturated heterocycles. The molecule has 162 valence electrons. The van der Waals surface area contributed by atoms with Gasteiger partial charge in [0.1, 0.15) is 13.2 Å². The van der Waals surface area contributed by atoms with E-state index in [4.69, 9.17) is 19.3 Å². The minimum Gasteiger partial charge on any atom is -0.493 e. The molecular formula is C24H33N3O3. The number of pyridine rings is 1. The molecule has 0 amide bonds. The Morgan fingerprint density at radius 3 is 2.70 bits per heavy atom. The van der Waals surface area contributed by atoms with E-state index < -0.39 is 0 Å². The van der Waals surface area contributed by atoms with Gasteiger partial charge >= 0.3 is 0 Å². The smallest absolute Gasteiger partial charge is 0.163 e. The van der Waals surface area contributed by atoms with Gasteiger partial charge in [0.15, 0.2) is 11.5 Å². The van der Waals surface area contributed by atoms with Gasteiger partial charge in [0.25, 0.3) is 0 Å². The zero-order valence-corrected chi connectivity index (χ0v) is 18.2. The normalized spacial score (nSPS) is 21.2. The third-order valence-corrected chi connectivity index (χ3v) is 6.50. The molecule has 1 saturated carbocycles. The van der Waals surface area contributed by atoms with E-state index in [1.807, 2.05) is 11.1 Å². The number of nitrogens with zero attached hydrogens (tertiary/aromatic N) is 2. The molecule has 30 heavy (non-hydrogen) atoms.